The number of nitrogens with one attached hydrogen (secondary N) is 1. The highest BCUT2D eigenvalue weighted by molar-refractivity contribution is 5.43. The molecule has 0 aliphatic carbocycles. The Hall–Kier alpha value is -2.72. The molecule has 0 aliphatic rings. The molecule has 1 aromatic heterocycles. The Kier molecular flexibility index (Phi) is 6.55. The van der Waals surface area contributed by atoms with Gasteiger partial charge in [-0.3, -0.25) is 4.98 Å². The molecular formula is C23H25FN2O. The maximum absolute atomic E-state index is 12.9. The van der Waals surface area contributed by atoms with E-state index in [9.17, 15) is 4.39 Å². The fourth-order valence-electron chi connectivity index (χ4n) is 3.12. The molecule has 2 aromatic carbocycles. The van der Waals surface area contributed by atoms with Crippen molar-refractivity contribution in [2.45, 2.75) is 33.4 Å². The van der Waals surface area contributed by atoms with E-state index in [0.29, 0.717) is 6.61 Å². The van der Waals surface area contributed by atoms with Gasteiger partial charge in [-0.1, -0.05) is 30.3 Å². The maximum Gasteiger partial charge on any atom is 0.130 e. The van der Waals surface area contributed by atoms with Crippen LogP contribution < -0.4 is 10.1 Å². The summed E-state index contributed by atoms with van der Waals surface area (Å²) < 4.78 is 18.9. The van der Waals surface area contributed by atoms with Crippen LogP contribution in [0, 0.1) is 19.7 Å². The summed E-state index contributed by atoms with van der Waals surface area (Å²) in [5.41, 5.74) is 5.54. The van der Waals surface area contributed by atoms with Gasteiger partial charge in [-0.15, -0.1) is 0 Å². The van der Waals surface area contributed by atoms with Crippen LogP contribution in [0.4, 0.5) is 4.39 Å². The summed E-state index contributed by atoms with van der Waals surface area (Å²) in [5.74, 6) is 0.735. The highest BCUT2D eigenvalue weighted by atomic mass is 19.1. The number of hydrogen-bond acceptors (Lipinski definition) is 3. The van der Waals surface area contributed by atoms with E-state index in [0.717, 1.165) is 47.6 Å². The normalized spacial score (nSPS) is 10.8. The number of benzene rings is 2. The molecule has 3 nitrogen and oxygen atoms in total. The molecule has 0 fully saturated rings. The van der Waals surface area contributed by atoms with E-state index in [-0.39, 0.29) is 5.82 Å². The molecule has 0 amide bonds. The Bertz CT molecular complexity index is 840. The molecule has 3 rings (SSSR count). The lowest BCUT2D eigenvalue weighted by Crippen LogP contribution is -2.17. The van der Waals surface area contributed by atoms with Gasteiger partial charge >= 0.3 is 0 Å². The quantitative estimate of drug-likeness (QED) is 0.586. The van der Waals surface area contributed by atoms with E-state index in [1.807, 2.05) is 30.3 Å². The van der Waals surface area contributed by atoms with Crippen molar-refractivity contribution in [1.82, 2.24) is 10.3 Å². The third-order valence-corrected chi connectivity index (χ3v) is 4.44. The average Bonchev–Trinajstić information content (AvgIpc) is 2.67. The van der Waals surface area contributed by atoms with Crippen LogP contribution in [-0.4, -0.2) is 11.5 Å². The number of rotatable bonds is 8. The second kappa shape index (κ2) is 9.28. The Morgan fingerprint density at radius 1 is 0.963 bits per heavy atom. The topological polar surface area (TPSA) is 34.1 Å². The van der Waals surface area contributed by atoms with E-state index in [2.05, 4.69) is 36.3 Å². The van der Waals surface area contributed by atoms with Gasteiger partial charge in [-0.05, 0) is 73.3 Å². The molecule has 1 N–H and O–H groups in total. The van der Waals surface area contributed by atoms with Crippen molar-refractivity contribution < 1.29 is 9.13 Å². The van der Waals surface area contributed by atoms with Gasteiger partial charge in [0.2, 0.25) is 0 Å². The van der Waals surface area contributed by atoms with Gasteiger partial charge in [0, 0.05) is 12.7 Å². The number of halogens is 1. The number of nitrogens with zero attached hydrogens (tertiary/aromatic N) is 1. The van der Waals surface area contributed by atoms with Crippen molar-refractivity contribution in [2.24, 2.45) is 0 Å². The third kappa shape index (κ3) is 5.63. The highest BCUT2D eigenvalue weighted by Gasteiger charge is 2.07. The van der Waals surface area contributed by atoms with Crippen molar-refractivity contribution >= 4 is 0 Å². The van der Waals surface area contributed by atoms with Crippen LogP contribution in [0.25, 0.3) is 0 Å². The monoisotopic (exact) mass is 364 g/mol. The van der Waals surface area contributed by atoms with Crippen molar-refractivity contribution in [2.75, 3.05) is 6.54 Å². The zero-order valence-electron chi connectivity index (χ0n) is 15.8. The molecule has 27 heavy (non-hydrogen) atoms. The second-order valence-corrected chi connectivity index (χ2v) is 6.72. The largest absolute Gasteiger partial charge is 0.487 e. The zero-order valence-corrected chi connectivity index (χ0v) is 15.8. The predicted octanol–water partition coefficient (Wildman–Crippen LogP) is 4.75. The van der Waals surface area contributed by atoms with E-state index >= 15 is 0 Å². The summed E-state index contributed by atoms with van der Waals surface area (Å²) in [7, 11) is 0. The van der Waals surface area contributed by atoms with E-state index in [4.69, 9.17) is 4.74 Å². The summed E-state index contributed by atoms with van der Waals surface area (Å²) in [6, 6.07) is 16.8. The summed E-state index contributed by atoms with van der Waals surface area (Å²) in [4.78, 5) is 4.29. The number of aryl methyl sites for hydroxylation is 2. The Morgan fingerprint density at radius 2 is 1.70 bits per heavy atom. The Morgan fingerprint density at radius 3 is 2.37 bits per heavy atom. The molecule has 1 heterocycles. The Balaban J connectivity index is 1.52. The van der Waals surface area contributed by atoms with Gasteiger partial charge in [0.1, 0.15) is 18.2 Å². The number of hydrogen-bond donors (Lipinski definition) is 1. The second-order valence-electron chi connectivity index (χ2n) is 6.72. The van der Waals surface area contributed by atoms with Crippen molar-refractivity contribution in [3.05, 3.63) is 94.6 Å². The van der Waals surface area contributed by atoms with Gasteiger partial charge in [0.15, 0.2) is 0 Å². The highest BCUT2D eigenvalue weighted by Crippen LogP contribution is 2.25. The lowest BCUT2D eigenvalue weighted by Gasteiger charge is -2.14. The first-order valence-corrected chi connectivity index (χ1v) is 9.20. The first kappa shape index (κ1) is 19.1. The molecular weight excluding hydrogens is 339 g/mol. The predicted molar refractivity (Wildman–Crippen MR) is 106 cm³/mol. The van der Waals surface area contributed by atoms with Crippen LogP contribution in [-0.2, 0) is 19.6 Å². The third-order valence-electron chi connectivity index (χ3n) is 4.44. The standard InChI is InChI=1S/C23H25FN2O/c1-17-13-20(15-25-12-10-19-6-8-21(24)9-7-19)14-18(2)23(17)27-16-22-5-3-4-11-26-22/h3-9,11,13-14,25H,10,12,15-16H2,1-2H3. The first-order valence-electron chi connectivity index (χ1n) is 9.20. The maximum atomic E-state index is 12.9. The molecule has 0 bridgehead atoms. The van der Waals surface area contributed by atoms with Crippen LogP contribution in [0.1, 0.15) is 27.9 Å². The fraction of sp³-hybridized carbons (Fsp3) is 0.261. The average molecular weight is 364 g/mol. The van der Waals surface area contributed by atoms with Crippen LogP contribution in [0.15, 0.2) is 60.8 Å². The summed E-state index contributed by atoms with van der Waals surface area (Å²) in [6.45, 7) is 6.26. The van der Waals surface area contributed by atoms with Crippen molar-refractivity contribution in [3.8, 4) is 5.75 Å². The van der Waals surface area contributed by atoms with Gasteiger partial charge in [-0.25, -0.2) is 4.39 Å². The van der Waals surface area contributed by atoms with Crippen molar-refractivity contribution in [3.63, 3.8) is 0 Å². The molecule has 3 aromatic rings. The lowest BCUT2D eigenvalue weighted by atomic mass is 10.1. The molecule has 4 heteroatoms. The van der Waals surface area contributed by atoms with Crippen molar-refractivity contribution in [1.29, 1.82) is 0 Å². The molecule has 0 atom stereocenters. The number of ether oxygens (including phenoxy) is 1. The molecule has 0 radical (unpaired) electrons. The zero-order chi connectivity index (χ0) is 19.1. The van der Waals surface area contributed by atoms with Crippen LogP contribution >= 0.6 is 0 Å². The minimum absolute atomic E-state index is 0.192. The number of pyridine rings is 1. The molecule has 140 valence electrons. The smallest absolute Gasteiger partial charge is 0.130 e. The molecule has 0 saturated carbocycles. The van der Waals surface area contributed by atoms with E-state index < -0.39 is 0 Å². The minimum atomic E-state index is -0.192. The Labute approximate surface area is 160 Å². The van der Waals surface area contributed by atoms with Crippen LogP contribution in [0.2, 0.25) is 0 Å². The molecule has 0 aliphatic heterocycles. The van der Waals surface area contributed by atoms with E-state index in [1.54, 1.807) is 6.20 Å². The van der Waals surface area contributed by atoms with Gasteiger partial charge in [0.25, 0.3) is 0 Å². The fourth-order valence-corrected chi connectivity index (χ4v) is 3.12. The summed E-state index contributed by atoms with van der Waals surface area (Å²) >= 11 is 0. The number of aromatic nitrogens is 1. The van der Waals surface area contributed by atoms with Gasteiger partial charge < -0.3 is 10.1 Å². The van der Waals surface area contributed by atoms with Crippen LogP contribution in [0.5, 0.6) is 5.75 Å². The van der Waals surface area contributed by atoms with E-state index in [1.165, 1.54) is 17.7 Å². The van der Waals surface area contributed by atoms with Gasteiger partial charge in [0.05, 0.1) is 5.69 Å². The SMILES string of the molecule is Cc1cc(CNCCc2ccc(F)cc2)cc(C)c1OCc1ccccn1. The van der Waals surface area contributed by atoms with Gasteiger partial charge in [-0.2, -0.15) is 0 Å². The first-order chi connectivity index (χ1) is 13.1. The lowest BCUT2D eigenvalue weighted by molar-refractivity contribution is 0.297. The summed E-state index contributed by atoms with van der Waals surface area (Å²) in [5, 5.41) is 3.45. The molecule has 0 spiro atoms. The molecule has 0 saturated heterocycles. The molecule has 0 unspecified atom stereocenters. The van der Waals surface area contributed by atoms with Crippen LogP contribution in [0.3, 0.4) is 0 Å². The minimum Gasteiger partial charge on any atom is -0.487 e. The summed E-state index contributed by atoms with van der Waals surface area (Å²) in [6.07, 6.45) is 2.66.